The van der Waals surface area contributed by atoms with E-state index in [0.29, 0.717) is 6.42 Å². The van der Waals surface area contributed by atoms with Crippen molar-refractivity contribution in [1.29, 1.82) is 0 Å². The van der Waals surface area contributed by atoms with Crippen LogP contribution in [-0.4, -0.2) is 11.9 Å². The Bertz CT molecular complexity index is 487. The maximum atomic E-state index is 11.9. The van der Waals surface area contributed by atoms with Gasteiger partial charge in [-0.3, -0.25) is 4.79 Å². The minimum Gasteiger partial charge on any atom is -0.469 e. The topological polar surface area (TPSA) is 42.2 Å². The van der Waals surface area contributed by atoms with Gasteiger partial charge in [0, 0.05) is 17.3 Å². The molecule has 0 spiro atoms. The number of hydrogen-bond donors (Lipinski definition) is 1. The van der Waals surface area contributed by atoms with Crippen LogP contribution in [0.2, 0.25) is 0 Å². The molecule has 3 nitrogen and oxygen atoms in total. The Labute approximate surface area is 104 Å². The van der Waals surface area contributed by atoms with Gasteiger partial charge in [0.15, 0.2) is 0 Å². The Morgan fingerprint density at radius 1 is 1.47 bits per heavy atom. The van der Waals surface area contributed by atoms with Crippen molar-refractivity contribution < 1.29 is 9.21 Å². The zero-order valence-electron chi connectivity index (χ0n) is 9.90. The first-order valence-electron chi connectivity index (χ1n) is 5.55. The SMILES string of the molecule is Cc1ccc(C(=O)N[C@H](C)Cc2ccco2)s1. The van der Waals surface area contributed by atoms with Crippen LogP contribution in [0.3, 0.4) is 0 Å². The Balaban J connectivity index is 1.90. The predicted octanol–water partition coefficient (Wildman–Crippen LogP) is 3.01. The molecule has 0 saturated heterocycles. The molecule has 1 atom stereocenters. The van der Waals surface area contributed by atoms with E-state index in [0.717, 1.165) is 15.5 Å². The van der Waals surface area contributed by atoms with Crippen molar-refractivity contribution in [2.45, 2.75) is 26.3 Å². The summed E-state index contributed by atoms with van der Waals surface area (Å²) in [5.74, 6) is 0.877. The van der Waals surface area contributed by atoms with E-state index in [1.807, 2.05) is 38.1 Å². The highest BCUT2D eigenvalue weighted by Gasteiger charge is 2.12. The molecule has 2 heterocycles. The number of amides is 1. The molecule has 0 aliphatic heterocycles. The van der Waals surface area contributed by atoms with Crippen LogP contribution in [0.15, 0.2) is 34.9 Å². The first-order valence-corrected chi connectivity index (χ1v) is 6.36. The van der Waals surface area contributed by atoms with Crippen molar-refractivity contribution in [2.75, 3.05) is 0 Å². The smallest absolute Gasteiger partial charge is 0.261 e. The van der Waals surface area contributed by atoms with Crippen molar-refractivity contribution in [1.82, 2.24) is 5.32 Å². The highest BCUT2D eigenvalue weighted by atomic mass is 32.1. The van der Waals surface area contributed by atoms with Gasteiger partial charge in [0.25, 0.3) is 5.91 Å². The molecule has 0 unspecified atom stereocenters. The molecule has 0 radical (unpaired) electrons. The molecule has 0 aliphatic carbocycles. The average molecular weight is 249 g/mol. The summed E-state index contributed by atoms with van der Waals surface area (Å²) in [6, 6.07) is 7.65. The second-order valence-corrected chi connectivity index (χ2v) is 5.36. The van der Waals surface area contributed by atoms with Gasteiger partial charge in [0.05, 0.1) is 11.1 Å². The second-order valence-electron chi connectivity index (χ2n) is 4.07. The second kappa shape index (κ2) is 5.19. The van der Waals surface area contributed by atoms with Crippen LogP contribution >= 0.6 is 11.3 Å². The van der Waals surface area contributed by atoms with Gasteiger partial charge in [-0.05, 0) is 38.1 Å². The van der Waals surface area contributed by atoms with E-state index in [4.69, 9.17) is 4.42 Å². The average Bonchev–Trinajstić information content (AvgIpc) is 2.89. The third kappa shape index (κ3) is 3.20. The Kier molecular flexibility index (Phi) is 3.64. The number of rotatable bonds is 4. The molecule has 1 amide bonds. The third-order valence-electron chi connectivity index (χ3n) is 2.43. The van der Waals surface area contributed by atoms with Crippen LogP contribution in [0.5, 0.6) is 0 Å². The summed E-state index contributed by atoms with van der Waals surface area (Å²) in [6.07, 6.45) is 2.36. The summed E-state index contributed by atoms with van der Waals surface area (Å²) in [5, 5.41) is 2.96. The number of hydrogen-bond acceptors (Lipinski definition) is 3. The van der Waals surface area contributed by atoms with Gasteiger partial charge in [-0.15, -0.1) is 11.3 Å². The molecule has 0 aromatic carbocycles. The lowest BCUT2D eigenvalue weighted by molar-refractivity contribution is 0.0943. The maximum absolute atomic E-state index is 11.9. The van der Waals surface area contributed by atoms with E-state index in [2.05, 4.69) is 5.32 Å². The first-order chi connectivity index (χ1) is 8.15. The van der Waals surface area contributed by atoms with Gasteiger partial charge in [-0.25, -0.2) is 0 Å². The van der Waals surface area contributed by atoms with Gasteiger partial charge in [-0.1, -0.05) is 0 Å². The molecule has 2 aromatic heterocycles. The molecule has 0 fully saturated rings. The summed E-state index contributed by atoms with van der Waals surface area (Å²) in [4.78, 5) is 13.8. The molecule has 4 heteroatoms. The molecule has 17 heavy (non-hydrogen) atoms. The number of carbonyl (C=O) groups is 1. The maximum Gasteiger partial charge on any atom is 0.261 e. The van der Waals surface area contributed by atoms with E-state index < -0.39 is 0 Å². The molecule has 90 valence electrons. The zero-order valence-corrected chi connectivity index (χ0v) is 10.7. The summed E-state index contributed by atoms with van der Waals surface area (Å²) >= 11 is 1.51. The Morgan fingerprint density at radius 2 is 2.29 bits per heavy atom. The highest BCUT2D eigenvalue weighted by molar-refractivity contribution is 7.13. The normalized spacial score (nSPS) is 12.4. The van der Waals surface area contributed by atoms with Gasteiger partial charge >= 0.3 is 0 Å². The first kappa shape index (κ1) is 11.9. The van der Waals surface area contributed by atoms with E-state index >= 15 is 0 Å². The van der Waals surface area contributed by atoms with Gasteiger partial charge in [0.2, 0.25) is 0 Å². The van der Waals surface area contributed by atoms with Gasteiger partial charge in [0.1, 0.15) is 5.76 Å². The standard InChI is InChI=1S/C13H15NO2S/c1-9(8-11-4-3-7-16-11)14-13(15)12-6-5-10(2)17-12/h3-7,9H,8H2,1-2H3,(H,14,15)/t9-/m1/s1. The van der Waals surface area contributed by atoms with E-state index in [1.54, 1.807) is 6.26 Å². The third-order valence-corrected chi connectivity index (χ3v) is 3.43. The molecule has 0 aliphatic rings. The highest BCUT2D eigenvalue weighted by Crippen LogP contribution is 2.15. The van der Waals surface area contributed by atoms with Crippen molar-refractivity contribution in [3.05, 3.63) is 46.0 Å². The van der Waals surface area contributed by atoms with Crippen LogP contribution in [0.4, 0.5) is 0 Å². The van der Waals surface area contributed by atoms with Crippen molar-refractivity contribution in [3.8, 4) is 0 Å². The number of nitrogens with one attached hydrogen (secondary N) is 1. The minimum absolute atomic E-state index is 0.0119. The number of furan rings is 1. The van der Waals surface area contributed by atoms with Crippen LogP contribution in [0.25, 0.3) is 0 Å². The molecule has 2 aromatic rings. The number of carbonyl (C=O) groups excluding carboxylic acids is 1. The number of aryl methyl sites for hydroxylation is 1. The Morgan fingerprint density at radius 3 is 2.88 bits per heavy atom. The summed E-state index contributed by atoms with van der Waals surface area (Å²) in [6.45, 7) is 3.97. The fraction of sp³-hybridized carbons (Fsp3) is 0.308. The summed E-state index contributed by atoms with van der Waals surface area (Å²) in [7, 11) is 0. The monoisotopic (exact) mass is 249 g/mol. The molecule has 2 rings (SSSR count). The van der Waals surface area contributed by atoms with Crippen LogP contribution < -0.4 is 5.32 Å². The lowest BCUT2D eigenvalue weighted by Crippen LogP contribution is -2.33. The lowest BCUT2D eigenvalue weighted by atomic mass is 10.2. The van der Waals surface area contributed by atoms with Crippen molar-refractivity contribution >= 4 is 17.2 Å². The molecule has 0 saturated carbocycles. The fourth-order valence-electron chi connectivity index (χ4n) is 1.63. The summed E-state index contributed by atoms with van der Waals surface area (Å²) in [5.41, 5.74) is 0. The number of thiophene rings is 1. The van der Waals surface area contributed by atoms with Crippen LogP contribution in [-0.2, 0) is 6.42 Å². The molecule has 0 bridgehead atoms. The fourth-order valence-corrected chi connectivity index (χ4v) is 2.40. The van der Waals surface area contributed by atoms with Crippen molar-refractivity contribution in [2.24, 2.45) is 0 Å². The van der Waals surface area contributed by atoms with Crippen LogP contribution in [0, 0.1) is 6.92 Å². The largest absolute Gasteiger partial charge is 0.469 e. The van der Waals surface area contributed by atoms with E-state index in [-0.39, 0.29) is 11.9 Å². The van der Waals surface area contributed by atoms with Crippen molar-refractivity contribution in [3.63, 3.8) is 0 Å². The van der Waals surface area contributed by atoms with Gasteiger partial charge in [-0.2, -0.15) is 0 Å². The van der Waals surface area contributed by atoms with E-state index in [1.165, 1.54) is 11.3 Å². The lowest BCUT2D eigenvalue weighted by Gasteiger charge is -2.11. The van der Waals surface area contributed by atoms with Crippen LogP contribution in [0.1, 0.15) is 27.2 Å². The predicted molar refractivity (Wildman–Crippen MR) is 68.4 cm³/mol. The summed E-state index contributed by atoms with van der Waals surface area (Å²) < 4.78 is 5.25. The van der Waals surface area contributed by atoms with E-state index in [9.17, 15) is 4.79 Å². The minimum atomic E-state index is -0.0119. The quantitative estimate of drug-likeness (QED) is 0.905. The molecular formula is C13H15NO2S. The Hall–Kier alpha value is -1.55. The zero-order chi connectivity index (χ0) is 12.3. The molecular weight excluding hydrogens is 234 g/mol. The van der Waals surface area contributed by atoms with Gasteiger partial charge < -0.3 is 9.73 Å². The molecule has 1 N–H and O–H groups in total.